The van der Waals surface area contributed by atoms with Crippen molar-refractivity contribution < 1.29 is 14.3 Å². The SMILES string of the molecule is CCOC(=O)NCCCC(N)C(C)=O. The van der Waals surface area contributed by atoms with Crippen molar-refractivity contribution in [2.24, 2.45) is 5.73 Å². The molecule has 0 rings (SSSR count). The Kier molecular flexibility index (Phi) is 6.74. The molecule has 5 heteroatoms. The molecule has 0 aromatic heterocycles. The van der Waals surface area contributed by atoms with E-state index in [9.17, 15) is 9.59 Å². The zero-order chi connectivity index (χ0) is 11.0. The molecule has 0 aromatic carbocycles. The monoisotopic (exact) mass is 202 g/mol. The van der Waals surface area contributed by atoms with E-state index in [-0.39, 0.29) is 5.78 Å². The second-order valence-corrected chi connectivity index (χ2v) is 3.01. The standard InChI is InChI=1S/C9H18N2O3/c1-3-14-9(13)11-6-4-5-8(10)7(2)12/h8H,3-6,10H2,1-2H3,(H,11,13). The summed E-state index contributed by atoms with van der Waals surface area (Å²) in [4.78, 5) is 21.5. The Bertz CT molecular complexity index is 194. The molecule has 0 bridgehead atoms. The van der Waals surface area contributed by atoms with Gasteiger partial charge in [-0.05, 0) is 26.7 Å². The van der Waals surface area contributed by atoms with Gasteiger partial charge in [-0.25, -0.2) is 4.79 Å². The van der Waals surface area contributed by atoms with Gasteiger partial charge in [-0.3, -0.25) is 4.79 Å². The molecule has 0 saturated carbocycles. The average Bonchev–Trinajstić information content (AvgIpc) is 2.12. The van der Waals surface area contributed by atoms with Crippen LogP contribution in [0.25, 0.3) is 0 Å². The van der Waals surface area contributed by atoms with E-state index in [2.05, 4.69) is 10.1 Å². The summed E-state index contributed by atoms with van der Waals surface area (Å²) < 4.78 is 4.65. The van der Waals surface area contributed by atoms with Crippen molar-refractivity contribution in [3.05, 3.63) is 0 Å². The molecule has 1 unspecified atom stereocenters. The van der Waals surface area contributed by atoms with E-state index in [1.807, 2.05) is 0 Å². The molecule has 1 atom stereocenters. The summed E-state index contributed by atoms with van der Waals surface area (Å²) in [6, 6.07) is -0.418. The molecule has 0 aliphatic heterocycles. The Morgan fingerprint density at radius 3 is 2.64 bits per heavy atom. The van der Waals surface area contributed by atoms with Crippen molar-refractivity contribution in [3.8, 4) is 0 Å². The van der Waals surface area contributed by atoms with Crippen molar-refractivity contribution in [2.75, 3.05) is 13.2 Å². The number of nitrogens with one attached hydrogen (secondary N) is 1. The third-order valence-electron chi connectivity index (χ3n) is 1.76. The number of carbonyl (C=O) groups excluding carboxylic acids is 2. The quantitative estimate of drug-likeness (QED) is 0.612. The second-order valence-electron chi connectivity index (χ2n) is 3.01. The molecule has 0 spiro atoms. The molecule has 82 valence electrons. The van der Waals surface area contributed by atoms with E-state index in [0.29, 0.717) is 26.0 Å². The van der Waals surface area contributed by atoms with E-state index in [0.717, 1.165) is 0 Å². The minimum atomic E-state index is -0.427. The maximum absolute atomic E-state index is 10.8. The van der Waals surface area contributed by atoms with Crippen LogP contribution in [0.4, 0.5) is 4.79 Å². The summed E-state index contributed by atoms with van der Waals surface area (Å²) >= 11 is 0. The smallest absolute Gasteiger partial charge is 0.407 e. The number of alkyl carbamates (subject to hydrolysis) is 1. The molecule has 0 fully saturated rings. The molecule has 0 saturated heterocycles. The summed E-state index contributed by atoms with van der Waals surface area (Å²) in [5.41, 5.74) is 5.50. The lowest BCUT2D eigenvalue weighted by atomic mass is 10.1. The van der Waals surface area contributed by atoms with Crippen LogP contribution in [0.3, 0.4) is 0 Å². The Morgan fingerprint density at radius 1 is 1.50 bits per heavy atom. The number of carbonyl (C=O) groups is 2. The van der Waals surface area contributed by atoms with Crippen molar-refractivity contribution in [3.63, 3.8) is 0 Å². The molecule has 5 nitrogen and oxygen atoms in total. The summed E-state index contributed by atoms with van der Waals surface area (Å²) in [6.07, 6.45) is 0.838. The highest BCUT2D eigenvalue weighted by molar-refractivity contribution is 5.81. The van der Waals surface area contributed by atoms with Crippen molar-refractivity contribution in [1.29, 1.82) is 0 Å². The lowest BCUT2D eigenvalue weighted by Gasteiger charge is -2.08. The van der Waals surface area contributed by atoms with Gasteiger partial charge in [0, 0.05) is 6.54 Å². The first-order valence-electron chi connectivity index (χ1n) is 4.74. The van der Waals surface area contributed by atoms with E-state index in [1.54, 1.807) is 6.92 Å². The third kappa shape index (κ3) is 6.42. The Morgan fingerprint density at radius 2 is 2.14 bits per heavy atom. The molecule has 0 aromatic rings. The highest BCUT2D eigenvalue weighted by Crippen LogP contribution is 1.94. The van der Waals surface area contributed by atoms with Crippen molar-refractivity contribution in [2.45, 2.75) is 32.7 Å². The van der Waals surface area contributed by atoms with Gasteiger partial charge in [-0.2, -0.15) is 0 Å². The topological polar surface area (TPSA) is 81.4 Å². The highest BCUT2D eigenvalue weighted by Gasteiger charge is 2.07. The molecule has 1 amide bonds. The van der Waals surface area contributed by atoms with Gasteiger partial charge in [0.15, 0.2) is 0 Å². The van der Waals surface area contributed by atoms with Crippen LogP contribution in [0.2, 0.25) is 0 Å². The Balaban J connectivity index is 3.37. The van der Waals surface area contributed by atoms with Crippen LogP contribution < -0.4 is 11.1 Å². The van der Waals surface area contributed by atoms with Gasteiger partial charge in [-0.15, -0.1) is 0 Å². The van der Waals surface area contributed by atoms with Gasteiger partial charge in [-0.1, -0.05) is 0 Å². The number of hydrogen-bond donors (Lipinski definition) is 2. The number of Topliss-reactive ketones (excluding diaryl/α,β-unsaturated/α-hetero) is 1. The lowest BCUT2D eigenvalue weighted by Crippen LogP contribution is -2.31. The van der Waals surface area contributed by atoms with E-state index < -0.39 is 12.1 Å². The largest absolute Gasteiger partial charge is 0.450 e. The van der Waals surface area contributed by atoms with Gasteiger partial charge in [0.1, 0.15) is 5.78 Å². The molecule has 0 heterocycles. The van der Waals surface area contributed by atoms with E-state index in [4.69, 9.17) is 5.73 Å². The van der Waals surface area contributed by atoms with Crippen molar-refractivity contribution >= 4 is 11.9 Å². The van der Waals surface area contributed by atoms with Gasteiger partial charge >= 0.3 is 6.09 Å². The first kappa shape index (κ1) is 12.9. The number of ether oxygens (including phenoxy) is 1. The molecule has 0 aliphatic rings. The number of hydrogen-bond acceptors (Lipinski definition) is 4. The van der Waals surface area contributed by atoms with Crippen LogP contribution in [0.15, 0.2) is 0 Å². The maximum atomic E-state index is 10.8. The Hall–Kier alpha value is -1.10. The second kappa shape index (κ2) is 7.32. The first-order chi connectivity index (χ1) is 6.57. The minimum Gasteiger partial charge on any atom is -0.450 e. The van der Waals surface area contributed by atoms with E-state index >= 15 is 0 Å². The van der Waals surface area contributed by atoms with Crippen LogP contribution in [0.5, 0.6) is 0 Å². The normalized spacial score (nSPS) is 11.9. The fourth-order valence-corrected chi connectivity index (χ4v) is 0.898. The lowest BCUT2D eigenvalue weighted by molar-refractivity contribution is -0.118. The molecular formula is C9H18N2O3. The molecular weight excluding hydrogens is 184 g/mol. The fraction of sp³-hybridized carbons (Fsp3) is 0.778. The number of rotatable bonds is 6. The van der Waals surface area contributed by atoms with Crippen LogP contribution in [-0.4, -0.2) is 31.1 Å². The number of nitrogens with two attached hydrogens (primary N) is 1. The van der Waals surface area contributed by atoms with Crippen molar-refractivity contribution in [1.82, 2.24) is 5.32 Å². The van der Waals surface area contributed by atoms with E-state index in [1.165, 1.54) is 6.92 Å². The summed E-state index contributed by atoms with van der Waals surface area (Å²) in [5.74, 6) is -0.0267. The average molecular weight is 202 g/mol. The summed E-state index contributed by atoms with van der Waals surface area (Å²) in [6.45, 7) is 4.05. The predicted molar refractivity (Wildman–Crippen MR) is 52.9 cm³/mol. The molecule has 0 radical (unpaired) electrons. The minimum absolute atomic E-state index is 0.0267. The summed E-state index contributed by atoms with van der Waals surface area (Å²) in [5, 5.41) is 2.55. The zero-order valence-electron chi connectivity index (χ0n) is 8.71. The zero-order valence-corrected chi connectivity index (χ0v) is 8.71. The maximum Gasteiger partial charge on any atom is 0.407 e. The first-order valence-corrected chi connectivity index (χ1v) is 4.74. The van der Waals surface area contributed by atoms with Crippen LogP contribution in [0, 0.1) is 0 Å². The number of ketones is 1. The molecule has 14 heavy (non-hydrogen) atoms. The van der Waals surface area contributed by atoms with Crippen LogP contribution >= 0.6 is 0 Å². The fourth-order valence-electron chi connectivity index (χ4n) is 0.898. The predicted octanol–water partition coefficient (Wildman–Crippen LogP) is 0.429. The van der Waals surface area contributed by atoms with Gasteiger partial charge in [0.05, 0.1) is 12.6 Å². The Labute approximate surface area is 84.0 Å². The number of amides is 1. The van der Waals surface area contributed by atoms with Crippen LogP contribution in [-0.2, 0) is 9.53 Å². The highest BCUT2D eigenvalue weighted by atomic mass is 16.5. The van der Waals surface area contributed by atoms with Gasteiger partial charge < -0.3 is 15.8 Å². The molecule has 3 N–H and O–H groups in total. The van der Waals surface area contributed by atoms with Crippen LogP contribution in [0.1, 0.15) is 26.7 Å². The summed E-state index contributed by atoms with van der Waals surface area (Å²) in [7, 11) is 0. The van der Waals surface area contributed by atoms with Gasteiger partial charge in [0.2, 0.25) is 0 Å². The molecule has 0 aliphatic carbocycles. The third-order valence-corrected chi connectivity index (χ3v) is 1.76. The van der Waals surface area contributed by atoms with Gasteiger partial charge in [0.25, 0.3) is 0 Å².